The average Bonchev–Trinajstić information content (AvgIpc) is 3.40. The number of rotatable bonds is 9. The number of nitrogens with one attached hydrogen (secondary N) is 2. The first-order valence-electron chi connectivity index (χ1n) is 15.0. The summed E-state index contributed by atoms with van der Waals surface area (Å²) in [6.07, 6.45) is 5.90. The first-order chi connectivity index (χ1) is 21.6. The van der Waals surface area contributed by atoms with Crippen molar-refractivity contribution < 1.29 is 19.1 Å². The van der Waals surface area contributed by atoms with Crippen molar-refractivity contribution in [2.45, 2.75) is 50.2 Å². The Bertz CT molecular complexity index is 1690. The Morgan fingerprint density at radius 3 is 2.36 bits per heavy atom. The molecular weight excluding hydrogens is 601 g/mol. The number of methoxy groups -OCH3 is 1. The number of hydrogen-bond acceptors (Lipinski definition) is 6. The fraction of sp³-hybridized carbons (Fsp3) is 0.270. The van der Waals surface area contributed by atoms with Gasteiger partial charge in [-0.3, -0.25) is 9.59 Å². The molecule has 2 amide bonds. The summed E-state index contributed by atoms with van der Waals surface area (Å²) >= 11 is 2.88. The molecule has 0 radical (unpaired) electrons. The van der Waals surface area contributed by atoms with Crippen LogP contribution in [0.25, 0.3) is 6.08 Å². The Balaban J connectivity index is 1.37. The molecule has 1 aromatic heterocycles. The summed E-state index contributed by atoms with van der Waals surface area (Å²) in [5.74, 6) is -0.413. The molecule has 0 saturated heterocycles. The van der Waals surface area contributed by atoms with Gasteiger partial charge in [0.1, 0.15) is 10.3 Å². The molecule has 3 aromatic carbocycles. The molecule has 5 rings (SSSR count). The van der Waals surface area contributed by atoms with Crippen LogP contribution in [0.4, 0.5) is 10.7 Å². The largest absolute Gasteiger partial charge is 0.465 e. The Morgan fingerprint density at radius 2 is 1.67 bits per heavy atom. The van der Waals surface area contributed by atoms with Crippen molar-refractivity contribution in [3.05, 3.63) is 118 Å². The quantitative estimate of drug-likeness (QED) is 0.109. The monoisotopic (exact) mass is 638 g/mol. The van der Waals surface area contributed by atoms with Crippen LogP contribution in [0.2, 0.25) is 0 Å². The predicted octanol–water partition coefficient (Wildman–Crippen LogP) is 8.81. The third kappa shape index (κ3) is 8.12. The van der Waals surface area contributed by atoms with E-state index in [1.807, 2.05) is 84.9 Å². The van der Waals surface area contributed by atoms with Gasteiger partial charge in [-0.1, -0.05) is 87.5 Å². The third-order valence-electron chi connectivity index (χ3n) is 8.04. The number of benzene rings is 3. The van der Waals surface area contributed by atoms with Crippen LogP contribution in [0.15, 0.2) is 95.9 Å². The summed E-state index contributed by atoms with van der Waals surface area (Å²) in [4.78, 5) is 41.6. The molecule has 8 heteroatoms. The predicted molar refractivity (Wildman–Crippen MR) is 185 cm³/mol. The number of thiophene rings is 1. The van der Waals surface area contributed by atoms with Crippen molar-refractivity contribution in [2.24, 2.45) is 11.3 Å². The van der Waals surface area contributed by atoms with Crippen LogP contribution < -0.4 is 10.6 Å². The second kappa shape index (κ2) is 14.3. The van der Waals surface area contributed by atoms with Crippen LogP contribution in [0.1, 0.15) is 64.4 Å². The van der Waals surface area contributed by atoms with Gasteiger partial charge in [-0.05, 0) is 71.6 Å². The number of ether oxygens (including phenoxy) is 1. The van der Waals surface area contributed by atoms with E-state index in [0.717, 1.165) is 45.7 Å². The number of carbonyl (C=O) groups excluding carboxylic acids is 3. The Kier molecular flexibility index (Phi) is 10.3. The van der Waals surface area contributed by atoms with Gasteiger partial charge in [-0.25, -0.2) is 4.79 Å². The number of anilines is 2. The maximum Gasteiger partial charge on any atom is 0.341 e. The summed E-state index contributed by atoms with van der Waals surface area (Å²) < 4.78 is 5.18. The third-order valence-corrected chi connectivity index (χ3v) is 10.5. The van der Waals surface area contributed by atoms with Gasteiger partial charge in [0.15, 0.2) is 0 Å². The van der Waals surface area contributed by atoms with Crippen molar-refractivity contribution in [2.75, 3.05) is 17.7 Å². The number of amides is 2. The van der Waals surface area contributed by atoms with E-state index in [0.29, 0.717) is 22.2 Å². The standard InChI is InChI=1S/C37H38N2O4S2/c1-37(2,3)26-19-20-29-30(22-26)45-35(32(29)36(42)43-4)39-34(41)33(25-14-9-6-10-15-25)44-28-17-11-16-27(23-28)38-31(40)21-18-24-12-7-5-8-13-24/h5-18,21,23,26,33H,19-20,22H2,1-4H3,(H,38,40)(H,39,41)/b21-18+. The zero-order valence-electron chi connectivity index (χ0n) is 26.0. The number of carbonyl (C=O) groups is 3. The maximum absolute atomic E-state index is 14.0. The molecule has 4 aromatic rings. The molecule has 6 nitrogen and oxygen atoms in total. The summed E-state index contributed by atoms with van der Waals surface area (Å²) in [5, 5.41) is 5.96. The highest BCUT2D eigenvalue weighted by Crippen LogP contribution is 2.45. The van der Waals surface area contributed by atoms with E-state index < -0.39 is 11.2 Å². The number of fused-ring (bicyclic) bond motifs is 1. The van der Waals surface area contributed by atoms with E-state index in [9.17, 15) is 14.4 Å². The van der Waals surface area contributed by atoms with Gasteiger partial charge >= 0.3 is 5.97 Å². The fourth-order valence-corrected chi connectivity index (χ4v) is 7.91. The zero-order valence-corrected chi connectivity index (χ0v) is 27.6. The van der Waals surface area contributed by atoms with Crippen molar-refractivity contribution >= 4 is 57.6 Å². The fourth-order valence-electron chi connectivity index (χ4n) is 5.51. The van der Waals surface area contributed by atoms with Crippen molar-refractivity contribution in [1.82, 2.24) is 0 Å². The molecule has 0 saturated carbocycles. The van der Waals surface area contributed by atoms with Gasteiger partial charge in [0.25, 0.3) is 0 Å². The van der Waals surface area contributed by atoms with Crippen LogP contribution in [0.3, 0.4) is 0 Å². The molecule has 0 spiro atoms. The SMILES string of the molecule is COC(=O)c1c(NC(=O)C(Sc2cccc(NC(=O)/C=C/c3ccccc3)c2)c2ccccc2)sc2c1CCC(C(C)(C)C)C2. The molecule has 1 aliphatic rings. The first-order valence-corrected chi connectivity index (χ1v) is 16.7. The van der Waals surface area contributed by atoms with E-state index in [4.69, 9.17) is 4.74 Å². The zero-order chi connectivity index (χ0) is 32.0. The molecule has 0 fully saturated rings. The van der Waals surface area contributed by atoms with E-state index >= 15 is 0 Å². The van der Waals surface area contributed by atoms with Crippen molar-refractivity contribution in [3.8, 4) is 0 Å². The second-order valence-electron chi connectivity index (χ2n) is 12.2. The molecule has 1 heterocycles. The molecule has 2 atom stereocenters. The molecule has 0 aliphatic heterocycles. The van der Waals surface area contributed by atoms with Crippen molar-refractivity contribution in [1.29, 1.82) is 0 Å². The van der Waals surface area contributed by atoms with Gasteiger partial charge in [0, 0.05) is 21.5 Å². The minimum Gasteiger partial charge on any atom is -0.465 e. The van der Waals surface area contributed by atoms with Crippen LogP contribution in [0, 0.1) is 11.3 Å². The van der Waals surface area contributed by atoms with E-state index in [1.165, 1.54) is 36.3 Å². The van der Waals surface area contributed by atoms with Crippen LogP contribution in [-0.2, 0) is 27.2 Å². The molecule has 2 N–H and O–H groups in total. The molecule has 232 valence electrons. The molecule has 45 heavy (non-hydrogen) atoms. The average molecular weight is 639 g/mol. The molecule has 0 bridgehead atoms. The van der Waals surface area contributed by atoms with Crippen molar-refractivity contribution in [3.63, 3.8) is 0 Å². The Morgan fingerprint density at radius 1 is 0.956 bits per heavy atom. The van der Waals surface area contributed by atoms with Gasteiger partial charge in [-0.2, -0.15) is 0 Å². The van der Waals surface area contributed by atoms with Gasteiger partial charge in [0.05, 0.1) is 12.7 Å². The number of esters is 1. The summed E-state index contributed by atoms with van der Waals surface area (Å²) in [5.41, 5.74) is 4.01. The highest BCUT2D eigenvalue weighted by atomic mass is 32.2. The summed E-state index contributed by atoms with van der Waals surface area (Å²) in [7, 11) is 1.38. The van der Waals surface area contributed by atoms with E-state index in [2.05, 4.69) is 31.4 Å². The highest BCUT2D eigenvalue weighted by Gasteiger charge is 2.35. The lowest BCUT2D eigenvalue weighted by Crippen LogP contribution is -2.26. The summed E-state index contributed by atoms with van der Waals surface area (Å²) in [6, 6.07) is 26.6. The number of hydrogen-bond donors (Lipinski definition) is 2. The van der Waals surface area contributed by atoms with Gasteiger partial charge in [0.2, 0.25) is 11.8 Å². The highest BCUT2D eigenvalue weighted by molar-refractivity contribution is 8.00. The lowest BCUT2D eigenvalue weighted by Gasteiger charge is -2.33. The number of thioether (sulfide) groups is 1. The minimum absolute atomic E-state index is 0.151. The van der Waals surface area contributed by atoms with E-state index in [1.54, 1.807) is 6.08 Å². The minimum atomic E-state index is -0.609. The van der Waals surface area contributed by atoms with Crippen LogP contribution in [-0.4, -0.2) is 24.9 Å². The van der Waals surface area contributed by atoms with Gasteiger partial charge < -0.3 is 15.4 Å². The summed E-state index contributed by atoms with van der Waals surface area (Å²) in [6.45, 7) is 6.76. The van der Waals surface area contributed by atoms with Crippen LogP contribution in [0.5, 0.6) is 0 Å². The van der Waals surface area contributed by atoms with E-state index in [-0.39, 0.29) is 17.2 Å². The first kappa shape index (κ1) is 32.3. The topological polar surface area (TPSA) is 84.5 Å². The normalized spacial score (nSPS) is 15.2. The lowest BCUT2D eigenvalue weighted by molar-refractivity contribution is -0.116. The molecule has 1 aliphatic carbocycles. The smallest absolute Gasteiger partial charge is 0.341 e. The maximum atomic E-state index is 14.0. The Labute approximate surface area is 273 Å². The van der Waals surface area contributed by atoms with Crippen LogP contribution >= 0.6 is 23.1 Å². The Hall–Kier alpha value is -4.14. The molecule has 2 unspecified atom stereocenters. The second-order valence-corrected chi connectivity index (χ2v) is 14.4. The van der Waals surface area contributed by atoms with Gasteiger partial charge in [-0.15, -0.1) is 23.1 Å². The lowest BCUT2D eigenvalue weighted by atomic mass is 9.72. The molecular formula is C37H38N2O4S2.